The Labute approximate surface area is 161 Å². The van der Waals surface area contributed by atoms with E-state index in [-0.39, 0.29) is 25.3 Å². The smallest absolute Gasteiger partial charge is 0.340 e. The molecule has 0 unspecified atom stereocenters. The maximum atomic E-state index is 12.0. The van der Waals surface area contributed by atoms with Crippen LogP contribution in [0.4, 0.5) is 5.69 Å². The van der Waals surface area contributed by atoms with E-state index in [0.29, 0.717) is 16.5 Å². The first-order chi connectivity index (χ1) is 13.0. The molecule has 0 atom stereocenters. The second-order valence-corrected chi connectivity index (χ2v) is 5.77. The molecule has 0 fully saturated rings. The second-order valence-electron chi connectivity index (χ2n) is 5.33. The highest BCUT2D eigenvalue weighted by Gasteiger charge is 2.14. The SMILES string of the molecule is CCOC(=O)c1ccccc1NC(=O)CNC(=O)COc1ccc(Cl)cc1. The molecule has 0 saturated heterocycles. The van der Waals surface area contributed by atoms with E-state index >= 15 is 0 Å². The van der Waals surface area contributed by atoms with E-state index in [1.165, 1.54) is 0 Å². The standard InChI is InChI=1S/C19H19ClN2O5/c1-2-26-19(25)15-5-3-4-6-16(15)22-17(23)11-21-18(24)12-27-14-9-7-13(20)8-10-14/h3-10H,2,11-12H2,1H3,(H,21,24)(H,22,23). The molecular weight excluding hydrogens is 372 g/mol. The number of amides is 2. The third-order valence-corrected chi connectivity index (χ3v) is 3.58. The lowest BCUT2D eigenvalue weighted by Gasteiger charge is -2.11. The van der Waals surface area contributed by atoms with E-state index < -0.39 is 17.8 Å². The van der Waals surface area contributed by atoms with Gasteiger partial charge in [0.2, 0.25) is 5.91 Å². The number of halogens is 1. The summed E-state index contributed by atoms with van der Waals surface area (Å²) in [5.41, 5.74) is 0.553. The van der Waals surface area contributed by atoms with Crippen molar-refractivity contribution >= 4 is 35.1 Å². The summed E-state index contributed by atoms with van der Waals surface area (Å²) < 4.78 is 10.2. The fourth-order valence-electron chi connectivity index (χ4n) is 2.08. The predicted octanol–water partition coefficient (Wildman–Crippen LogP) is 2.65. The van der Waals surface area contributed by atoms with Crippen LogP contribution in [-0.4, -0.2) is 37.5 Å². The van der Waals surface area contributed by atoms with Gasteiger partial charge in [-0.1, -0.05) is 23.7 Å². The Hall–Kier alpha value is -3.06. The normalized spacial score (nSPS) is 10.0. The van der Waals surface area contributed by atoms with Gasteiger partial charge in [-0.05, 0) is 43.3 Å². The highest BCUT2D eigenvalue weighted by atomic mass is 35.5. The van der Waals surface area contributed by atoms with Gasteiger partial charge in [-0.15, -0.1) is 0 Å². The maximum Gasteiger partial charge on any atom is 0.340 e. The Bertz CT molecular complexity index is 808. The average Bonchev–Trinajstić information content (AvgIpc) is 2.66. The number of esters is 1. The van der Waals surface area contributed by atoms with E-state index in [9.17, 15) is 14.4 Å². The average molecular weight is 391 g/mol. The molecule has 0 radical (unpaired) electrons. The van der Waals surface area contributed by atoms with Crippen LogP contribution in [0.25, 0.3) is 0 Å². The number of anilines is 1. The van der Waals surface area contributed by atoms with E-state index in [4.69, 9.17) is 21.1 Å². The second kappa shape index (κ2) is 10.2. The Morgan fingerprint density at radius 2 is 1.70 bits per heavy atom. The van der Waals surface area contributed by atoms with Gasteiger partial charge in [0.15, 0.2) is 6.61 Å². The van der Waals surface area contributed by atoms with Gasteiger partial charge in [0.05, 0.1) is 24.4 Å². The van der Waals surface area contributed by atoms with Gasteiger partial charge >= 0.3 is 5.97 Å². The minimum absolute atomic E-state index is 0.227. The van der Waals surface area contributed by atoms with Gasteiger partial charge < -0.3 is 20.1 Å². The van der Waals surface area contributed by atoms with E-state index in [1.54, 1.807) is 55.5 Å². The summed E-state index contributed by atoms with van der Waals surface area (Å²) >= 11 is 5.77. The first-order valence-electron chi connectivity index (χ1n) is 8.20. The molecule has 8 heteroatoms. The highest BCUT2D eigenvalue weighted by molar-refractivity contribution is 6.30. The monoisotopic (exact) mass is 390 g/mol. The van der Waals surface area contributed by atoms with Crippen molar-refractivity contribution in [3.63, 3.8) is 0 Å². The van der Waals surface area contributed by atoms with Crippen LogP contribution in [0.1, 0.15) is 17.3 Å². The molecule has 2 amide bonds. The van der Waals surface area contributed by atoms with E-state index in [0.717, 1.165) is 0 Å². The minimum atomic E-state index is -0.534. The number of rotatable bonds is 8. The summed E-state index contributed by atoms with van der Waals surface area (Å²) in [6, 6.07) is 13.0. The summed E-state index contributed by atoms with van der Waals surface area (Å²) in [4.78, 5) is 35.7. The van der Waals surface area contributed by atoms with Gasteiger partial charge in [0.1, 0.15) is 5.75 Å². The van der Waals surface area contributed by atoms with Crippen molar-refractivity contribution in [3.05, 3.63) is 59.1 Å². The predicted molar refractivity (Wildman–Crippen MR) is 101 cm³/mol. The topological polar surface area (TPSA) is 93.7 Å². The molecule has 0 aliphatic rings. The zero-order valence-corrected chi connectivity index (χ0v) is 15.4. The number of hydrogen-bond acceptors (Lipinski definition) is 5. The molecule has 142 valence electrons. The molecular formula is C19H19ClN2O5. The van der Waals surface area contributed by atoms with Crippen molar-refractivity contribution in [2.75, 3.05) is 25.1 Å². The summed E-state index contributed by atoms with van der Waals surface area (Å²) in [5.74, 6) is -0.985. The van der Waals surface area contributed by atoms with Crippen LogP contribution in [0.3, 0.4) is 0 Å². The van der Waals surface area contributed by atoms with E-state index in [1.807, 2.05) is 0 Å². The zero-order chi connectivity index (χ0) is 19.6. The minimum Gasteiger partial charge on any atom is -0.484 e. The lowest BCUT2D eigenvalue weighted by molar-refractivity contribution is -0.125. The van der Waals surface area contributed by atoms with Gasteiger partial charge in [0, 0.05) is 5.02 Å². The molecule has 0 heterocycles. The van der Waals surface area contributed by atoms with Crippen LogP contribution < -0.4 is 15.4 Å². The Balaban J connectivity index is 1.81. The molecule has 0 aliphatic carbocycles. The summed E-state index contributed by atoms with van der Waals surface area (Å²) in [6.45, 7) is 1.42. The van der Waals surface area contributed by atoms with E-state index in [2.05, 4.69) is 10.6 Å². The molecule has 2 N–H and O–H groups in total. The first kappa shape index (κ1) is 20.3. The third-order valence-electron chi connectivity index (χ3n) is 3.33. The zero-order valence-electron chi connectivity index (χ0n) is 14.7. The van der Waals surface area contributed by atoms with Crippen LogP contribution in [0.2, 0.25) is 5.02 Å². The Morgan fingerprint density at radius 1 is 1.00 bits per heavy atom. The summed E-state index contributed by atoms with van der Waals surface area (Å²) in [7, 11) is 0. The Kier molecular flexibility index (Phi) is 7.63. The number of nitrogens with one attached hydrogen (secondary N) is 2. The molecule has 0 aliphatic heterocycles. The molecule has 2 aromatic rings. The fraction of sp³-hybridized carbons (Fsp3) is 0.211. The highest BCUT2D eigenvalue weighted by Crippen LogP contribution is 2.16. The molecule has 0 saturated carbocycles. The third kappa shape index (κ3) is 6.63. The lowest BCUT2D eigenvalue weighted by Crippen LogP contribution is -2.36. The van der Waals surface area contributed by atoms with Crippen molar-refractivity contribution in [2.24, 2.45) is 0 Å². The largest absolute Gasteiger partial charge is 0.484 e. The molecule has 27 heavy (non-hydrogen) atoms. The van der Waals surface area contributed by atoms with Crippen molar-refractivity contribution in [1.29, 1.82) is 0 Å². The number of para-hydroxylation sites is 1. The molecule has 7 nitrogen and oxygen atoms in total. The van der Waals surface area contributed by atoms with Gasteiger partial charge in [-0.2, -0.15) is 0 Å². The van der Waals surface area contributed by atoms with Crippen LogP contribution in [0, 0.1) is 0 Å². The van der Waals surface area contributed by atoms with Crippen LogP contribution in [0.15, 0.2) is 48.5 Å². The number of benzene rings is 2. The van der Waals surface area contributed by atoms with Crippen molar-refractivity contribution in [1.82, 2.24) is 5.32 Å². The molecule has 0 aromatic heterocycles. The number of carbonyl (C=O) groups excluding carboxylic acids is 3. The molecule has 0 bridgehead atoms. The van der Waals surface area contributed by atoms with Crippen LogP contribution >= 0.6 is 11.6 Å². The quantitative estimate of drug-likeness (QED) is 0.676. The number of hydrogen-bond donors (Lipinski definition) is 2. The van der Waals surface area contributed by atoms with Crippen LogP contribution in [0.5, 0.6) is 5.75 Å². The molecule has 2 rings (SSSR count). The van der Waals surface area contributed by atoms with Gasteiger partial charge in [-0.3, -0.25) is 9.59 Å². The maximum absolute atomic E-state index is 12.0. The van der Waals surface area contributed by atoms with Crippen LogP contribution in [-0.2, 0) is 14.3 Å². The fourth-order valence-corrected chi connectivity index (χ4v) is 2.21. The van der Waals surface area contributed by atoms with Gasteiger partial charge in [0.25, 0.3) is 5.91 Å². The van der Waals surface area contributed by atoms with Crippen molar-refractivity contribution < 1.29 is 23.9 Å². The first-order valence-corrected chi connectivity index (χ1v) is 8.58. The number of ether oxygens (including phenoxy) is 2. The number of carbonyl (C=O) groups is 3. The van der Waals surface area contributed by atoms with Crippen molar-refractivity contribution in [2.45, 2.75) is 6.92 Å². The Morgan fingerprint density at radius 3 is 2.41 bits per heavy atom. The molecule has 0 spiro atoms. The summed E-state index contributed by atoms with van der Waals surface area (Å²) in [5, 5.41) is 5.58. The lowest BCUT2D eigenvalue weighted by atomic mass is 10.2. The van der Waals surface area contributed by atoms with Crippen molar-refractivity contribution in [3.8, 4) is 5.75 Å². The van der Waals surface area contributed by atoms with Gasteiger partial charge in [-0.25, -0.2) is 4.79 Å². The molecule has 2 aromatic carbocycles. The summed E-state index contributed by atoms with van der Waals surface area (Å²) in [6.07, 6.45) is 0.